The van der Waals surface area contributed by atoms with E-state index < -0.39 is 0 Å². The van der Waals surface area contributed by atoms with Crippen LogP contribution in [-0.4, -0.2) is 45.7 Å². The molecule has 0 saturated heterocycles. The van der Waals surface area contributed by atoms with Crippen LogP contribution >= 0.6 is 0 Å². The maximum Gasteiger partial charge on any atom is 0.256 e. The number of fused-ring (bicyclic) bond motifs is 1. The van der Waals surface area contributed by atoms with Gasteiger partial charge in [0.1, 0.15) is 17.2 Å². The average molecular weight is 454 g/mol. The van der Waals surface area contributed by atoms with Gasteiger partial charge >= 0.3 is 0 Å². The van der Waals surface area contributed by atoms with Gasteiger partial charge in [-0.15, -0.1) is 0 Å². The van der Waals surface area contributed by atoms with E-state index in [0.717, 1.165) is 25.7 Å². The zero-order valence-electron chi connectivity index (χ0n) is 18.9. The Hall–Kier alpha value is -3.57. The summed E-state index contributed by atoms with van der Waals surface area (Å²) < 4.78 is 1.59. The van der Waals surface area contributed by atoms with Crippen molar-refractivity contribution in [2.45, 2.75) is 44.8 Å². The van der Waals surface area contributed by atoms with Crippen molar-refractivity contribution in [1.29, 1.82) is 0 Å². The number of nitrogens with zero attached hydrogens (tertiary/aromatic N) is 4. The van der Waals surface area contributed by atoms with Crippen LogP contribution in [0.25, 0.3) is 5.65 Å². The molecule has 2 aromatic heterocycles. The molecule has 11 nitrogen and oxygen atoms in total. The predicted octanol–water partition coefficient (Wildman–Crippen LogP) is 1.96. The van der Waals surface area contributed by atoms with Gasteiger partial charge in [0.2, 0.25) is 0 Å². The third-order valence-corrected chi connectivity index (χ3v) is 5.96. The fourth-order valence-electron chi connectivity index (χ4n) is 4.20. The van der Waals surface area contributed by atoms with Crippen molar-refractivity contribution >= 4 is 40.3 Å². The second-order valence-corrected chi connectivity index (χ2v) is 8.35. The molecule has 33 heavy (non-hydrogen) atoms. The molecule has 176 valence electrons. The summed E-state index contributed by atoms with van der Waals surface area (Å²) in [5.41, 5.74) is 9.30. The maximum atomic E-state index is 13.0. The number of benzene rings is 1. The van der Waals surface area contributed by atoms with Gasteiger partial charge in [0, 0.05) is 26.2 Å². The van der Waals surface area contributed by atoms with Crippen LogP contribution in [0.1, 0.15) is 48.0 Å². The van der Waals surface area contributed by atoms with E-state index in [1.807, 2.05) is 0 Å². The highest BCUT2D eigenvalue weighted by atomic mass is 16.3. The number of carbonyl (C=O) groups is 1. The number of rotatable bonds is 7. The molecule has 0 unspecified atom stereocenters. The van der Waals surface area contributed by atoms with Crippen molar-refractivity contribution in [3.63, 3.8) is 0 Å². The Kier molecular flexibility index (Phi) is 6.52. The molecule has 11 heteroatoms. The van der Waals surface area contributed by atoms with Crippen LogP contribution in [0.5, 0.6) is 0 Å². The van der Waals surface area contributed by atoms with Crippen LogP contribution in [0.4, 0.5) is 28.7 Å². The number of anilines is 5. The molecule has 1 aliphatic rings. The van der Waals surface area contributed by atoms with E-state index in [1.54, 1.807) is 36.8 Å². The van der Waals surface area contributed by atoms with Crippen molar-refractivity contribution in [1.82, 2.24) is 19.9 Å². The van der Waals surface area contributed by atoms with Gasteiger partial charge in [-0.3, -0.25) is 4.79 Å². The van der Waals surface area contributed by atoms with Gasteiger partial charge in [0.05, 0.1) is 29.9 Å². The molecule has 0 radical (unpaired) electrons. The van der Waals surface area contributed by atoms with E-state index in [2.05, 4.69) is 26.0 Å². The second kappa shape index (κ2) is 9.51. The fourth-order valence-corrected chi connectivity index (χ4v) is 4.20. The van der Waals surface area contributed by atoms with E-state index in [-0.39, 0.29) is 18.6 Å². The molecule has 1 saturated carbocycles. The summed E-state index contributed by atoms with van der Waals surface area (Å²) in [6, 6.07) is 5.40. The summed E-state index contributed by atoms with van der Waals surface area (Å²) in [6.07, 6.45) is 6.99. The van der Waals surface area contributed by atoms with Crippen molar-refractivity contribution in [2.24, 2.45) is 5.84 Å². The van der Waals surface area contributed by atoms with Crippen molar-refractivity contribution in [3.8, 4) is 0 Å². The highest BCUT2D eigenvalue weighted by Gasteiger charge is 2.21. The number of aromatic nitrogens is 3. The van der Waals surface area contributed by atoms with Crippen LogP contribution < -0.4 is 32.5 Å². The van der Waals surface area contributed by atoms with E-state index in [9.17, 15) is 9.90 Å². The molecule has 1 aliphatic carbocycles. The number of amides is 1. The molecule has 3 aromatic rings. The Balaban J connectivity index is 1.70. The zero-order chi connectivity index (χ0) is 23.5. The van der Waals surface area contributed by atoms with Gasteiger partial charge < -0.3 is 31.8 Å². The van der Waals surface area contributed by atoms with E-state index in [0.29, 0.717) is 45.5 Å². The Bertz CT molecular complexity index is 1150. The lowest BCUT2D eigenvalue weighted by Crippen LogP contribution is -2.36. The van der Waals surface area contributed by atoms with Gasteiger partial charge in [-0.2, -0.15) is 9.61 Å². The number of nitrogens with two attached hydrogens (primary N) is 2. The number of nitrogens with one attached hydrogen (secondary N) is 3. The molecule has 0 bridgehead atoms. The van der Waals surface area contributed by atoms with Crippen LogP contribution in [-0.2, 0) is 6.61 Å². The Morgan fingerprint density at radius 3 is 2.70 bits per heavy atom. The average Bonchev–Trinajstić information content (AvgIpc) is 3.24. The second-order valence-electron chi connectivity index (χ2n) is 8.35. The van der Waals surface area contributed by atoms with Crippen LogP contribution in [0.3, 0.4) is 0 Å². The first-order valence-electron chi connectivity index (χ1n) is 11.1. The van der Waals surface area contributed by atoms with Gasteiger partial charge in [0.15, 0.2) is 5.65 Å². The number of hydrogen-bond acceptors (Lipinski definition) is 9. The minimum atomic E-state index is -0.183. The summed E-state index contributed by atoms with van der Waals surface area (Å²) in [4.78, 5) is 17.7. The molecule has 0 atom stereocenters. The minimum Gasteiger partial charge on any atom is -0.395 e. The van der Waals surface area contributed by atoms with Gasteiger partial charge in [-0.1, -0.05) is 19.3 Å². The quantitative estimate of drug-likeness (QED) is 0.179. The van der Waals surface area contributed by atoms with Gasteiger partial charge in [-0.25, -0.2) is 10.8 Å². The number of nitrogen functional groups attached to an aromatic ring is 1. The molecule has 0 spiro atoms. The topological polar surface area (TPSA) is 159 Å². The van der Waals surface area contributed by atoms with Crippen molar-refractivity contribution in [2.75, 3.05) is 35.5 Å². The predicted molar refractivity (Wildman–Crippen MR) is 130 cm³/mol. The normalized spacial score (nSPS) is 14.3. The molecular weight excluding hydrogens is 422 g/mol. The first-order chi connectivity index (χ1) is 15.9. The van der Waals surface area contributed by atoms with Crippen molar-refractivity contribution in [3.05, 3.63) is 35.5 Å². The smallest absolute Gasteiger partial charge is 0.256 e. The molecule has 2 heterocycles. The third kappa shape index (κ3) is 4.64. The van der Waals surface area contributed by atoms with Crippen molar-refractivity contribution < 1.29 is 9.90 Å². The SMILES string of the molecule is CNc1cc(Nc2cc(CO)cc(N(C)N)c2N)nc2c(C(=O)NC3CCCCC3)cnn12. The number of hydrazine groups is 1. The summed E-state index contributed by atoms with van der Waals surface area (Å²) in [7, 11) is 3.44. The summed E-state index contributed by atoms with van der Waals surface area (Å²) in [5.74, 6) is 6.83. The van der Waals surface area contributed by atoms with E-state index in [1.165, 1.54) is 17.6 Å². The minimum absolute atomic E-state index is 0.169. The monoisotopic (exact) mass is 453 g/mol. The first-order valence-corrected chi connectivity index (χ1v) is 11.1. The van der Waals surface area contributed by atoms with Gasteiger partial charge in [0.25, 0.3) is 5.91 Å². The summed E-state index contributed by atoms with van der Waals surface area (Å²) >= 11 is 0. The lowest BCUT2D eigenvalue weighted by Gasteiger charge is -2.22. The van der Waals surface area contributed by atoms with Gasteiger partial charge in [-0.05, 0) is 30.5 Å². The van der Waals surface area contributed by atoms with E-state index >= 15 is 0 Å². The van der Waals surface area contributed by atoms with Crippen LogP contribution in [0, 0.1) is 0 Å². The van der Waals surface area contributed by atoms with Crippen LogP contribution in [0.15, 0.2) is 24.4 Å². The largest absolute Gasteiger partial charge is 0.395 e. The summed E-state index contributed by atoms with van der Waals surface area (Å²) in [6.45, 7) is -0.169. The standard InChI is InChI=1S/C22H31N9O2/c1-25-19-10-18(28-16-8-13(12-32)9-17(20(16)23)30(2)24)29-21-15(11-26-31(19)21)22(33)27-14-6-4-3-5-7-14/h8-11,14,25,32H,3-7,12,23-24H2,1-2H3,(H,27,33)(H,28,29). The number of carbonyl (C=O) groups excluding carboxylic acids is 1. The Morgan fingerprint density at radius 1 is 1.27 bits per heavy atom. The number of aliphatic hydroxyl groups excluding tert-OH is 1. The molecule has 8 N–H and O–H groups in total. The molecule has 1 amide bonds. The highest BCUT2D eigenvalue weighted by Crippen LogP contribution is 2.33. The van der Waals surface area contributed by atoms with E-state index in [4.69, 9.17) is 11.6 Å². The molecule has 1 fully saturated rings. The molecule has 0 aliphatic heterocycles. The molecule has 1 aromatic carbocycles. The first kappa shape index (κ1) is 22.6. The zero-order valence-corrected chi connectivity index (χ0v) is 18.9. The highest BCUT2D eigenvalue weighted by molar-refractivity contribution is 6.00. The summed E-state index contributed by atoms with van der Waals surface area (Å²) in [5, 5.41) is 24.8. The number of hydrogen-bond donors (Lipinski definition) is 6. The maximum absolute atomic E-state index is 13.0. The lowest BCUT2D eigenvalue weighted by molar-refractivity contribution is 0.0929. The molecular formula is C22H31N9O2. The van der Waals surface area contributed by atoms with Crippen LogP contribution in [0.2, 0.25) is 0 Å². The Morgan fingerprint density at radius 2 is 2.03 bits per heavy atom. The molecule has 4 rings (SSSR count). The lowest BCUT2D eigenvalue weighted by atomic mass is 9.95. The fraction of sp³-hybridized carbons (Fsp3) is 0.409. The Labute approximate surface area is 192 Å². The number of aliphatic hydroxyl groups is 1. The third-order valence-electron chi connectivity index (χ3n) is 5.96.